The highest BCUT2D eigenvalue weighted by molar-refractivity contribution is 5.89. The zero-order chi connectivity index (χ0) is 15.1. The van der Waals surface area contributed by atoms with E-state index in [4.69, 9.17) is 5.73 Å². The first-order chi connectivity index (χ1) is 9.38. The number of carbonyl (C=O) groups is 2. The number of nitrogens with two attached hydrogens (primary N) is 1. The number of halogens is 1. The Bertz CT molecular complexity index is 461. The summed E-state index contributed by atoms with van der Waals surface area (Å²) in [5.74, 6) is -0.191. The standard InChI is InChI=1S/C14H22N4O2.ClH/c1-9(2)17-14(20)18-12-6-4-11(5-7-12)8-16-13(19)10(3)15;/h4-7,9-10H,8,15H2,1-3H3,(H,16,19)(H2,17,18,20);1H/t10-;/m1./s1. The molecule has 1 aromatic carbocycles. The minimum atomic E-state index is -0.518. The first-order valence-electron chi connectivity index (χ1n) is 6.58. The lowest BCUT2D eigenvalue weighted by Crippen LogP contribution is -2.37. The molecular weight excluding hydrogens is 292 g/mol. The molecule has 0 fully saturated rings. The van der Waals surface area contributed by atoms with Crippen molar-refractivity contribution in [1.29, 1.82) is 0 Å². The Balaban J connectivity index is 0.00000400. The highest BCUT2D eigenvalue weighted by atomic mass is 35.5. The number of amides is 3. The summed E-state index contributed by atoms with van der Waals surface area (Å²) >= 11 is 0. The van der Waals surface area contributed by atoms with Crippen LogP contribution in [-0.4, -0.2) is 24.0 Å². The van der Waals surface area contributed by atoms with Crippen molar-refractivity contribution < 1.29 is 9.59 Å². The fourth-order valence-electron chi connectivity index (χ4n) is 1.49. The molecule has 0 aliphatic rings. The van der Waals surface area contributed by atoms with Crippen LogP contribution in [-0.2, 0) is 11.3 Å². The summed E-state index contributed by atoms with van der Waals surface area (Å²) < 4.78 is 0. The van der Waals surface area contributed by atoms with Crippen LogP contribution in [0.2, 0.25) is 0 Å². The number of anilines is 1. The van der Waals surface area contributed by atoms with Crippen LogP contribution in [0.5, 0.6) is 0 Å². The minimum Gasteiger partial charge on any atom is -0.351 e. The number of carbonyl (C=O) groups excluding carboxylic acids is 2. The van der Waals surface area contributed by atoms with Crippen LogP contribution in [0.4, 0.5) is 10.5 Å². The molecule has 6 nitrogen and oxygen atoms in total. The van der Waals surface area contributed by atoms with Crippen molar-refractivity contribution in [3.63, 3.8) is 0 Å². The van der Waals surface area contributed by atoms with Crippen LogP contribution in [0.3, 0.4) is 0 Å². The smallest absolute Gasteiger partial charge is 0.319 e. The Labute approximate surface area is 131 Å². The van der Waals surface area contributed by atoms with E-state index in [9.17, 15) is 9.59 Å². The maximum Gasteiger partial charge on any atom is 0.319 e. The number of hydrogen-bond donors (Lipinski definition) is 4. The average molecular weight is 315 g/mol. The zero-order valence-corrected chi connectivity index (χ0v) is 13.3. The summed E-state index contributed by atoms with van der Waals surface area (Å²) in [5, 5.41) is 8.18. The molecule has 1 rings (SSSR count). The van der Waals surface area contributed by atoms with Crippen molar-refractivity contribution in [1.82, 2.24) is 10.6 Å². The van der Waals surface area contributed by atoms with E-state index in [1.54, 1.807) is 19.1 Å². The topological polar surface area (TPSA) is 96.2 Å². The molecule has 0 heterocycles. The summed E-state index contributed by atoms with van der Waals surface area (Å²) in [5.41, 5.74) is 7.09. The van der Waals surface area contributed by atoms with Crippen molar-refractivity contribution in [2.75, 3.05) is 5.32 Å². The molecule has 0 radical (unpaired) electrons. The van der Waals surface area contributed by atoms with Gasteiger partial charge in [-0.25, -0.2) is 4.79 Å². The summed E-state index contributed by atoms with van der Waals surface area (Å²) in [6.45, 7) is 5.84. The van der Waals surface area contributed by atoms with Crippen molar-refractivity contribution >= 4 is 30.0 Å². The third-order valence-corrected chi connectivity index (χ3v) is 2.51. The van der Waals surface area contributed by atoms with Crippen LogP contribution in [0, 0.1) is 0 Å². The van der Waals surface area contributed by atoms with Gasteiger partial charge in [0.25, 0.3) is 0 Å². The van der Waals surface area contributed by atoms with Gasteiger partial charge in [0.05, 0.1) is 6.04 Å². The molecule has 0 saturated heterocycles. The van der Waals surface area contributed by atoms with Crippen LogP contribution in [0.25, 0.3) is 0 Å². The third-order valence-electron chi connectivity index (χ3n) is 2.51. The van der Waals surface area contributed by atoms with Gasteiger partial charge in [-0.1, -0.05) is 12.1 Å². The van der Waals surface area contributed by atoms with E-state index in [1.165, 1.54) is 0 Å². The molecule has 21 heavy (non-hydrogen) atoms. The van der Waals surface area contributed by atoms with E-state index in [2.05, 4.69) is 16.0 Å². The van der Waals surface area contributed by atoms with Crippen LogP contribution in [0.1, 0.15) is 26.3 Å². The Morgan fingerprint density at radius 1 is 1.14 bits per heavy atom. The zero-order valence-electron chi connectivity index (χ0n) is 12.5. The molecule has 0 aliphatic heterocycles. The van der Waals surface area contributed by atoms with E-state index in [0.29, 0.717) is 12.2 Å². The number of rotatable bonds is 5. The van der Waals surface area contributed by atoms with E-state index < -0.39 is 6.04 Å². The second-order valence-electron chi connectivity index (χ2n) is 4.96. The number of benzene rings is 1. The normalized spacial score (nSPS) is 11.3. The molecule has 0 aromatic heterocycles. The third kappa shape index (κ3) is 7.53. The predicted molar refractivity (Wildman–Crippen MR) is 86.5 cm³/mol. The van der Waals surface area contributed by atoms with Gasteiger partial charge < -0.3 is 21.7 Å². The van der Waals surface area contributed by atoms with Gasteiger partial charge in [-0.3, -0.25) is 4.79 Å². The second kappa shape index (κ2) is 9.20. The Hall–Kier alpha value is -1.79. The average Bonchev–Trinajstić information content (AvgIpc) is 2.36. The van der Waals surface area contributed by atoms with Crippen LogP contribution in [0.15, 0.2) is 24.3 Å². The van der Waals surface area contributed by atoms with Gasteiger partial charge >= 0.3 is 6.03 Å². The molecular formula is C14H23ClN4O2. The lowest BCUT2D eigenvalue weighted by atomic mass is 10.2. The summed E-state index contributed by atoms with van der Waals surface area (Å²) in [6.07, 6.45) is 0. The van der Waals surface area contributed by atoms with Gasteiger partial charge in [-0.05, 0) is 38.5 Å². The molecule has 3 amide bonds. The van der Waals surface area contributed by atoms with Gasteiger partial charge in [0.1, 0.15) is 0 Å². The molecule has 1 atom stereocenters. The van der Waals surface area contributed by atoms with Crippen molar-refractivity contribution in [2.45, 2.75) is 39.4 Å². The molecule has 5 N–H and O–H groups in total. The largest absolute Gasteiger partial charge is 0.351 e. The van der Waals surface area contributed by atoms with Crippen molar-refractivity contribution in [2.24, 2.45) is 5.73 Å². The molecule has 7 heteroatoms. The fraction of sp³-hybridized carbons (Fsp3) is 0.429. The summed E-state index contributed by atoms with van der Waals surface area (Å²) in [4.78, 5) is 22.8. The minimum absolute atomic E-state index is 0. The predicted octanol–water partition coefficient (Wildman–Crippen LogP) is 1.60. The quantitative estimate of drug-likeness (QED) is 0.664. The lowest BCUT2D eigenvalue weighted by molar-refractivity contribution is -0.122. The van der Waals surface area contributed by atoms with Gasteiger partial charge in [0.15, 0.2) is 0 Å². The van der Waals surface area contributed by atoms with E-state index in [-0.39, 0.29) is 30.4 Å². The molecule has 0 aliphatic carbocycles. The molecule has 0 unspecified atom stereocenters. The van der Waals surface area contributed by atoms with E-state index in [1.807, 2.05) is 26.0 Å². The lowest BCUT2D eigenvalue weighted by Gasteiger charge is -2.11. The van der Waals surface area contributed by atoms with Crippen molar-refractivity contribution in [3.05, 3.63) is 29.8 Å². The van der Waals surface area contributed by atoms with E-state index >= 15 is 0 Å². The molecule has 0 bridgehead atoms. The number of hydrogen-bond acceptors (Lipinski definition) is 3. The number of urea groups is 1. The SMILES string of the molecule is CC(C)NC(=O)Nc1ccc(CNC(=O)[C@@H](C)N)cc1.Cl. The van der Waals surface area contributed by atoms with E-state index in [0.717, 1.165) is 5.56 Å². The van der Waals surface area contributed by atoms with Gasteiger partial charge in [0, 0.05) is 18.3 Å². The summed E-state index contributed by atoms with van der Waals surface area (Å²) in [6, 6.07) is 6.58. The van der Waals surface area contributed by atoms with Gasteiger partial charge in [0.2, 0.25) is 5.91 Å². The highest BCUT2D eigenvalue weighted by Gasteiger charge is 2.06. The Kier molecular flexibility index (Phi) is 8.42. The molecule has 118 valence electrons. The van der Waals surface area contributed by atoms with Crippen molar-refractivity contribution in [3.8, 4) is 0 Å². The van der Waals surface area contributed by atoms with Gasteiger partial charge in [-0.15, -0.1) is 12.4 Å². The molecule has 1 aromatic rings. The van der Waals surface area contributed by atoms with Crippen LogP contribution >= 0.6 is 12.4 Å². The number of nitrogens with one attached hydrogen (secondary N) is 3. The Morgan fingerprint density at radius 2 is 1.71 bits per heavy atom. The summed E-state index contributed by atoms with van der Waals surface area (Å²) in [7, 11) is 0. The monoisotopic (exact) mass is 314 g/mol. The maximum atomic E-state index is 11.5. The van der Waals surface area contributed by atoms with Crippen LogP contribution < -0.4 is 21.7 Å². The first kappa shape index (κ1) is 19.2. The highest BCUT2D eigenvalue weighted by Crippen LogP contribution is 2.09. The fourth-order valence-corrected chi connectivity index (χ4v) is 1.49. The Morgan fingerprint density at radius 3 is 2.19 bits per heavy atom. The maximum absolute atomic E-state index is 11.5. The van der Waals surface area contributed by atoms with Gasteiger partial charge in [-0.2, -0.15) is 0 Å². The molecule has 0 saturated carbocycles. The molecule has 0 spiro atoms. The second-order valence-corrected chi connectivity index (χ2v) is 4.96. The first-order valence-corrected chi connectivity index (χ1v) is 6.58.